The monoisotopic (exact) mass is 379 g/mol. The van der Waals surface area contributed by atoms with E-state index in [2.05, 4.69) is 4.98 Å². The highest BCUT2D eigenvalue weighted by Gasteiger charge is 2.27. The van der Waals surface area contributed by atoms with Crippen LogP contribution in [0.25, 0.3) is 0 Å². The minimum absolute atomic E-state index is 0.0351. The highest BCUT2D eigenvalue weighted by molar-refractivity contribution is 6.32. The average Bonchev–Trinajstić information content (AvgIpc) is 2.67. The second-order valence-corrected chi connectivity index (χ2v) is 6.63. The Kier molecular flexibility index (Phi) is 5.67. The number of pyridine rings is 1. The van der Waals surface area contributed by atoms with Crippen LogP contribution < -0.4 is 0 Å². The van der Waals surface area contributed by atoms with E-state index in [1.807, 2.05) is 38.1 Å². The average molecular weight is 380 g/mol. The summed E-state index contributed by atoms with van der Waals surface area (Å²) >= 11 is 5.99. The molecule has 0 spiro atoms. The summed E-state index contributed by atoms with van der Waals surface area (Å²) in [4.78, 5) is 29.6. The van der Waals surface area contributed by atoms with Gasteiger partial charge in [0, 0.05) is 17.3 Å². The lowest BCUT2D eigenvalue weighted by Crippen LogP contribution is -2.20. The molecular formula is C22H18ClNO3. The fourth-order valence-electron chi connectivity index (χ4n) is 2.59. The fraction of sp³-hybridized carbons (Fsp3) is 0.136. The molecule has 0 aliphatic heterocycles. The van der Waals surface area contributed by atoms with Gasteiger partial charge in [0.05, 0.1) is 5.56 Å². The van der Waals surface area contributed by atoms with Gasteiger partial charge in [0.2, 0.25) is 5.78 Å². The van der Waals surface area contributed by atoms with Gasteiger partial charge < -0.3 is 4.74 Å². The van der Waals surface area contributed by atoms with Gasteiger partial charge in [-0.1, -0.05) is 71.3 Å². The van der Waals surface area contributed by atoms with Crippen molar-refractivity contribution >= 4 is 23.4 Å². The number of benzene rings is 2. The summed E-state index contributed by atoms with van der Waals surface area (Å²) in [6.45, 7) is 3.89. The molecule has 0 bridgehead atoms. The van der Waals surface area contributed by atoms with Gasteiger partial charge in [0.1, 0.15) is 5.15 Å². The number of ketones is 1. The maximum atomic E-state index is 13.1. The topological polar surface area (TPSA) is 56.3 Å². The van der Waals surface area contributed by atoms with Crippen molar-refractivity contribution in [1.82, 2.24) is 4.98 Å². The lowest BCUT2D eigenvalue weighted by Gasteiger charge is -2.18. The number of esters is 1. The molecule has 2 aromatic carbocycles. The molecule has 1 aromatic heterocycles. The number of hydrogen-bond acceptors (Lipinski definition) is 4. The van der Waals surface area contributed by atoms with Crippen molar-refractivity contribution in [3.8, 4) is 0 Å². The number of aryl methyl sites for hydroxylation is 2. The van der Waals surface area contributed by atoms with Crippen molar-refractivity contribution in [2.24, 2.45) is 0 Å². The van der Waals surface area contributed by atoms with Gasteiger partial charge in [0.25, 0.3) is 0 Å². The molecule has 0 N–H and O–H groups in total. The first kappa shape index (κ1) is 18.8. The Balaban J connectivity index is 1.96. The van der Waals surface area contributed by atoms with Gasteiger partial charge in [-0.05, 0) is 26.0 Å². The number of halogens is 1. The van der Waals surface area contributed by atoms with E-state index in [0.29, 0.717) is 11.1 Å². The molecule has 0 radical (unpaired) electrons. The zero-order valence-electron chi connectivity index (χ0n) is 15.0. The lowest BCUT2D eigenvalue weighted by atomic mass is 9.98. The van der Waals surface area contributed by atoms with Crippen LogP contribution in [0.15, 0.2) is 66.9 Å². The summed E-state index contributed by atoms with van der Waals surface area (Å²) < 4.78 is 5.58. The normalized spacial score (nSPS) is 11.7. The van der Waals surface area contributed by atoms with Crippen molar-refractivity contribution in [2.45, 2.75) is 20.0 Å². The second kappa shape index (κ2) is 8.14. The van der Waals surface area contributed by atoms with Crippen LogP contribution in [0.2, 0.25) is 5.15 Å². The van der Waals surface area contributed by atoms with Crippen LogP contribution in [-0.4, -0.2) is 16.7 Å². The van der Waals surface area contributed by atoms with E-state index in [9.17, 15) is 9.59 Å². The van der Waals surface area contributed by atoms with Crippen LogP contribution in [-0.2, 0) is 4.74 Å². The zero-order chi connectivity index (χ0) is 19.4. The smallest absolute Gasteiger partial charge is 0.342 e. The first-order valence-corrected chi connectivity index (χ1v) is 8.82. The third-order valence-electron chi connectivity index (χ3n) is 4.16. The Labute approximate surface area is 162 Å². The summed E-state index contributed by atoms with van der Waals surface area (Å²) in [5, 5.41) is 0.0351. The first-order chi connectivity index (χ1) is 13.0. The van der Waals surface area contributed by atoms with Gasteiger partial charge in [0.15, 0.2) is 6.10 Å². The first-order valence-electron chi connectivity index (χ1n) is 8.44. The third-order valence-corrected chi connectivity index (χ3v) is 4.46. The summed E-state index contributed by atoms with van der Waals surface area (Å²) in [5.74, 6) is -0.994. The molecule has 3 rings (SSSR count). The number of nitrogens with zero attached hydrogens (tertiary/aromatic N) is 1. The van der Waals surface area contributed by atoms with Crippen LogP contribution in [0.3, 0.4) is 0 Å². The SMILES string of the molecule is Cc1ccc(C(=O)C(OC(=O)c2cccnc2Cl)c2ccc(C)cc2)cc1. The van der Waals surface area contributed by atoms with Crippen LogP contribution >= 0.6 is 11.6 Å². The van der Waals surface area contributed by atoms with Crippen molar-refractivity contribution in [1.29, 1.82) is 0 Å². The molecule has 0 saturated carbocycles. The van der Waals surface area contributed by atoms with Crippen molar-refractivity contribution < 1.29 is 14.3 Å². The van der Waals surface area contributed by atoms with E-state index in [4.69, 9.17) is 16.3 Å². The van der Waals surface area contributed by atoms with Crippen LogP contribution in [0.1, 0.15) is 43.5 Å². The Morgan fingerprint density at radius 3 is 2.11 bits per heavy atom. The number of carbonyl (C=O) groups is 2. The molecule has 27 heavy (non-hydrogen) atoms. The molecule has 0 aliphatic rings. The molecule has 1 heterocycles. The van der Waals surface area contributed by atoms with E-state index in [-0.39, 0.29) is 16.5 Å². The molecule has 0 saturated heterocycles. The molecule has 4 nitrogen and oxygen atoms in total. The quantitative estimate of drug-likeness (QED) is 0.350. The second-order valence-electron chi connectivity index (χ2n) is 6.27. The largest absolute Gasteiger partial charge is 0.445 e. The predicted octanol–water partition coefficient (Wildman–Crippen LogP) is 5.13. The Hall–Kier alpha value is -2.98. The van der Waals surface area contributed by atoms with E-state index < -0.39 is 12.1 Å². The number of rotatable bonds is 5. The van der Waals surface area contributed by atoms with Gasteiger partial charge in [-0.2, -0.15) is 0 Å². The highest BCUT2D eigenvalue weighted by atomic mass is 35.5. The van der Waals surface area contributed by atoms with E-state index in [1.54, 1.807) is 30.3 Å². The van der Waals surface area contributed by atoms with Crippen molar-refractivity contribution in [3.05, 3.63) is 99.8 Å². The molecule has 0 fully saturated rings. The maximum Gasteiger partial charge on any atom is 0.342 e. The summed E-state index contributed by atoms with van der Waals surface area (Å²) in [7, 11) is 0. The minimum atomic E-state index is -1.07. The number of hydrogen-bond donors (Lipinski definition) is 0. The van der Waals surface area contributed by atoms with Crippen LogP contribution in [0.5, 0.6) is 0 Å². The minimum Gasteiger partial charge on any atom is -0.445 e. The third kappa shape index (κ3) is 4.41. The van der Waals surface area contributed by atoms with Crippen molar-refractivity contribution in [3.63, 3.8) is 0 Å². The van der Waals surface area contributed by atoms with Crippen LogP contribution in [0, 0.1) is 13.8 Å². The standard InChI is InChI=1S/C22H18ClNO3/c1-14-5-9-16(10-6-14)19(25)20(17-11-7-15(2)8-12-17)27-22(26)18-4-3-13-24-21(18)23/h3-13,20H,1-2H3. The Morgan fingerprint density at radius 1 is 0.926 bits per heavy atom. The van der Waals surface area contributed by atoms with Gasteiger partial charge >= 0.3 is 5.97 Å². The lowest BCUT2D eigenvalue weighted by molar-refractivity contribution is 0.0280. The van der Waals surface area contributed by atoms with E-state index in [0.717, 1.165) is 11.1 Å². The molecule has 5 heteroatoms. The molecule has 136 valence electrons. The van der Waals surface area contributed by atoms with Gasteiger partial charge in [-0.25, -0.2) is 9.78 Å². The van der Waals surface area contributed by atoms with E-state index >= 15 is 0 Å². The Bertz CT molecular complexity index is 966. The fourth-order valence-corrected chi connectivity index (χ4v) is 2.79. The summed E-state index contributed by atoms with van der Waals surface area (Å²) in [5.41, 5.74) is 3.27. The van der Waals surface area contributed by atoms with E-state index in [1.165, 1.54) is 12.3 Å². The van der Waals surface area contributed by atoms with Gasteiger partial charge in [-0.15, -0.1) is 0 Å². The number of aromatic nitrogens is 1. The molecule has 0 amide bonds. The molecule has 1 atom stereocenters. The highest BCUT2D eigenvalue weighted by Crippen LogP contribution is 2.26. The molecule has 0 aliphatic carbocycles. The maximum absolute atomic E-state index is 13.1. The molecule has 1 unspecified atom stereocenters. The summed E-state index contributed by atoms with van der Waals surface area (Å²) in [6, 6.07) is 17.6. The zero-order valence-corrected chi connectivity index (χ0v) is 15.7. The Morgan fingerprint density at radius 2 is 1.52 bits per heavy atom. The van der Waals surface area contributed by atoms with Crippen molar-refractivity contribution in [2.75, 3.05) is 0 Å². The molecule has 3 aromatic rings. The van der Waals surface area contributed by atoms with Crippen LogP contribution in [0.4, 0.5) is 0 Å². The van der Waals surface area contributed by atoms with Gasteiger partial charge in [-0.3, -0.25) is 4.79 Å². The summed E-state index contributed by atoms with van der Waals surface area (Å²) in [6.07, 6.45) is 0.408. The number of carbonyl (C=O) groups excluding carboxylic acids is 2. The predicted molar refractivity (Wildman–Crippen MR) is 104 cm³/mol. The number of ether oxygens (including phenoxy) is 1. The molecular weight excluding hydrogens is 362 g/mol. The number of Topliss-reactive ketones (excluding diaryl/α,β-unsaturated/α-hetero) is 1.